The van der Waals surface area contributed by atoms with Crippen LogP contribution in [0.4, 0.5) is 0 Å². The Morgan fingerprint density at radius 2 is 1.86 bits per heavy atom. The highest BCUT2D eigenvalue weighted by molar-refractivity contribution is 9.10. The Kier molecular flexibility index (Phi) is 3.53. The number of hydrogen-bond acceptors (Lipinski definition) is 1. The molecule has 0 aliphatic heterocycles. The summed E-state index contributed by atoms with van der Waals surface area (Å²) in [4.78, 5) is 0. The summed E-state index contributed by atoms with van der Waals surface area (Å²) in [5.74, 6) is 0. The minimum Gasteiger partial charge on any atom is -0.324 e. The Morgan fingerprint density at radius 3 is 2.48 bits per heavy atom. The lowest BCUT2D eigenvalue weighted by molar-refractivity contribution is 0.278. The highest BCUT2D eigenvalue weighted by Crippen LogP contribution is 2.41. The first-order chi connectivity index (χ1) is 9.78. The van der Waals surface area contributed by atoms with E-state index in [0.29, 0.717) is 0 Å². The average molecular weight is 347 g/mol. The Labute approximate surface area is 135 Å². The number of halogens is 1. The summed E-state index contributed by atoms with van der Waals surface area (Å²) in [6.07, 6.45) is 4.31. The highest BCUT2D eigenvalue weighted by atomic mass is 79.9. The van der Waals surface area contributed by atoms with E-state index in [-0.39, 0.29) is 11.5 Å². The summed E-state index contributed by atoms with van der Waals surface area (Å²) in [6, 6.07) is 6.83. The third-order valence-electron chi connectivity index (χ3n) is 4.54. The van der Waals surface area contributed by atoms with Gasteiger partial charge in [-0.2, -0.15) is 0 Å². The van der Waals surface area contributed by atoms with Crippen molar-refractivity contribution < 1.29 is 0 Å². The Balaban J connectivity index is 2.14. The van der Waals surface area contributed by atoms with Crippen molar-refractivity contribution in [2.75, 3.05) is 0 Å². The maximum Gasteiger partial charge on any atom is 0.0458 e. The summed E-state index contributed by atoms with van der Waals surface area (Å²) >= 11 is 3.65. The molecular weight excluding hydrogens is 324 g/mol. The zero-order chi connectivity index (χ0) is 15.4. The van der Waals surface area contributed by atoms with E-state index < -0.39 is 0 Å². The summed E-state index contributed by atoms with van der Waals surface area (Å²) in [5, 5.41) is 0. The summed E-state index contributed by atoms with van der Waals surface area (Å²) in [7, 11) is 0. The molecule has 2 N–H and O–H groups in total. The van der Waals surface area contributed by atoms with Crippen LogP contribution in [0.1, 0.15) is 48.7 Å². The van der Waals surface area contributed by atoms with Crippen LogP contribution in [0.25, 0.3) is 5.69 Å². The number of rotatable bonds is 1. The van der Waals surface area contributed by atoms with E-state index in [0.717, 1.165) is 12.8 Å². The topological polar surface area (TPSA) is 30.9 Å². The van der Waals surface area contributed by atoms with Gasteiger partial charge in [0.05, 0.1) is 0 Å². The molecule has 3 rings (SSSR count). The van der Waals surface area contributed by atoms with Crippen LogP contribution in [0.3, 0.4) is 0 Å². The van der Waals surface area contributed by atoms with Gasteiger partial charge in [0.1, 0.15) is 0 Å². The molecular formula is C18H23BrN2. The summed E-state index contributed by atoms with van der Waals surface area (Å²) in [5.41, 5.74) is 13.1. The highest BCUT2D eigenvalue weighted by Gasteiger charge is 2.32. The fourth-order valence-electron chi connectivity index (χ4n) is 3.54. The number of hydrogen-bond donors (Lipinski definition) is 1. The molecule has 112 valence electrons. The molecule has 1 aromatic carbocycles. The van der Waals surface area contributed by atoms with Crippen LogP contribution in [0.5, 0.6) is 0 Å². The number of aryl methyl sites for hydroxylation is 2. The minimum atomic E-state index is 0.155. The lowest BCUT2D eigenvalue weighted by atomic mass is 9.74. The molecule has 21 heavy (non-hydrogen) atoms. The average Bonchev–Trinajstić information content (AvgIpc) is 2.77. The molecule has 0 saturated carbocycles. The fraction of sp³-hybridized carbons (Fsp3) is 0.444. The van der Waals surface area contributed by atoms with Gasteiger partial charge in [-0.05, 0) is 67.0 Å². The summed E-state index contributed by atoms with van der Waals surface area (Å²) < 4.78 is 3.52. The zero-order valence-corrected chi connectivity index (χ0v) is 14.8. The van der Waals surface area contributed by atoms with Crippen molar-refractivity contribution in [1.82, 2.24) is 4.57 Å². The van der Waals surface area contributed by atoms with Crippen molar-refractivity contribution in [3.63, 3.8) is 0 Å². The van der Waals surface area contributed by atoms with Crippen LogP contribution in [-0.2, 0) is 6.42 Å². The van der Waals surface area contributed by atoms with Crippen molar-refractivity contribution in [2.45, 2.75) is 46.6 Å². The van der Waals surface area contributed by atoms with Gasteiger partial charge in [0.15, 0.2) is 0 Å². The molecule has 0 saturated heterocycles. The Bertz CT molecular complexity index is 674. The maximum absolute atomic E-state index is 6.38. The zero-order valence-electron chi connectivity index (χ0n) is 13.2. The SMILES string of the molecule is Cc1cc(-n2ccc3c2CC(C)(C)CC3N)cc(C)c1Br. The molecule has 0 fully saturated rings. The van der Waals surface area contributed by atoms with Crippen molar-refractivity contribution in [3.8, 4) is 5.69 Å². The molecule has 2 aromatic rings. The number of benzene rings is 1. The van der Waals surface area contributed by atoms with E-state index in [1.54, 1.807) is 0 Å². The molecule has 2 nitrogen and oxygen atoms in total. The first-order valence-corrected chi connectivity index (χ1v) is 8.31. The quantitative estimate of drug-likeness (QED) is 0.787. The third kappa shape index (κ3) is 2.58. The van der Waals surface area contributed by atoms with Gasteiger partial charge < -0.3 is 10.3 Å². The molecule has 1 unspecified atom stereocenters. The minimum absolute atomic E-state index is 0.155. The van der Waals surface area contributed by atoms with Gasteiger partial charge >= 0.3 is 0 Å². The number of nitrogens with two attached hydrogens (primary N) is 1. The van der Waals surface area contributed by atoms with Crippen LogP contribution in [0, 0.1) is 19.3 Å². The Hall–Kier alpha value is -1.06. The van der Waals surface area contributed by atoms with Crippen LogP contribution >= 0.6 is 15.9 Å². The number of aromatic nitrogens is 1. The smallest absolute Gasteiger partial charge is 0.0458 e. The second kappa shape index (κ2) is 4.99. The van der Waals surface area contributed by atoms with E-state index in [1.807, 2.05) is 0 Å². The molecule has 1 heterocycles. The fourth-order valence-corrected chi connectivity index (χ4v) is 3.77. The van der Waals surface area contributed by atoms with Crippen LogP contribution in [-0.4, -0.2) is 4.57 Å². The predicted octanol–water partition coefficient (Wildman–Crippen LogP) is 4.83. The lowest BCUT2D eigenvalue weighted by Crippen LogP contribution is -2.30. The van der Waals surface area contributed by atoms with Gasteiger partial charge in [-0.3, -0.25) is 0 Å². The predicted molar refractivity (Wildman–Crippen MR) is 92.0 cm³/mol. The van der Waals surface area contributed by atoms with Crippen molar-refractivity contribution >= 4 is 15.9 Å². The number of fused-ring (bicyclic) bond motifs is 1. The second-order valence-electron chi connectivity index (χ2n) is 7.13. The first kappa shape index (κ1) is 14.9. The van der Waals surface area contributed by atoms with Gasteiger partial charge in [0.25, 0.3) is 0 Å². The lowest BCUT2D eigenvalue weighted by Gasteiger charge is -2.34. The van der Waals surface area contributed by atoms with Gasteiger partial charge in [-0.1, -0.05) is 29.8 Å². The molecule has 3 heteroatoms. The third-order valence-corrected chi connectivity index (χ3v) is 5.80. The monoisotopic (exact) mass is 346 g/mol. The summed E-state index contributed by atoms with van der Waals surface area (Å²) in [6.45, 7) is 8.91. The molecule has 0 radical (unpaired) electrons. The van der Waals surface area contributed by atoms with Gasteiger partial charge in [0, 0.05) is 28.1 Å². The number of nitrogens with zero attached hydrogens (tertiary/aromatic N) is 1. The first-order valence-electron chi connectivity index (χ1n) is 7.51. The molecule has 1 aliphatic carbocycles. The van der Waals surface area contributed by atoms with Crippen LogP contribution in [0.2, 0.25) is 0 Å². The van der Waals surface area contributed by atoms with Crippen LogP contribution in [0.15, 0.2) is 28.9 Å². The van der Waals surface area contributed by atoms with E-state index in [4.69, 9.17) is 5.73 Å². The van der Waals surface area contributed by atoms with Gasteiger partial charge in [0.2, 0.25) is 0 Å². The molecule has 1 aliphatic rings. The van der Waals surface area contributed by atoms with Gasteiger partial charge in [-0.25, -0.2) is 0 Å². The molecule has 0 amide bonds. The van der Waals surface area contributed by atoms with E-state index in [1.165, 1.54) is 32.5 Å². The molecule has 0 spiro atoms. The van der Waals surface area contributed by atoms with Gasteiger partial charge in [-0.15, -0.1) is 0 Å². The normalized spacial score (nSPS) is 20.4. The van der Waals surface area contributed by atoms with Crippen molar-refractivity contribution in [1.29, 1.82) is 0 Å². The van der Waals surface area contributed by atoms with Crippen LogP contribution < -0.4 is 5.73 Å². The molecule has 1 aromatic heterocycles. The van der Waals surface area contributed by atoms with Crippen molar-refractivity contribution in [2.24, 2.45) is 11.1 Å². The molecule has 0 bridgehead atoms. The second-order valence-corrected chi connectivity index (χ2v) is 7.93. The molecule has 1 atom stereocenters. The van der Waals surface area contributed by atoms with E-state index in [9.17, 15) is 0 Å². The van der Waals surface area contributed by atoms with E-state index >= 15 is 0 Å². The van der Waals surface area contributed by atoms with Crippen molar-refractivity contribution in [3.05, 3.63) is 51.3 Å². The Morgan fingerprint density at radius 1 is 1.24 bits per heavy atom. The van der Waals surface area contributed by atoms with E-state index in [2.05, 4.69) is 72.6 Å². The largest absolute Gasteiger partial charge is 0.324 e. The standard InChI is InChI=1S/C18H23BrN2/c1-11-7-13(8-12(2)17(11)19)21-6-5-14-15(20)9-18(3,4)10-16(14)21/h5-8,15H,9-10,20H2,1-4H3. The maximum atomic E-state index is 6.38.